The van der Waals surface area contributed by atoms with Gasteiger partial charge in [0.05, 0.1) is 6.54 Å². The van der Waals surface area contributed by atoms with Crippen molar-refractivity contribution in [1.29, 1.82) is 0 Å². The topological polar surface area (TPSA) is 105 Å². The Hall–Kier alpha value is -1.63. The minimum Gasteiger partial charge on any atom is -0.479 e. The molecule has 0 spiro atoms. The van der Waals surface area contributed by atoms with Crippen molar-refractivity contribution >= 4 is 17.8 Å². The molecule has 3 N–H and O–H groups in total. The summed E-state index contributed by atoms with van der Waals surface area (Å²) in [6.45, 7) is 1.25. The van der Waals surface area contributed by atoms with E-state index in [-0.39, 0.29) is 24.3 Å². The second-order valence-electron chi connectivity index (χ2n) is 5.03. The summed E-state index contributed by atoms with van der Waals surface area (Å²) in [4.78, 5) is 34.1. The van der Waals surface area contributed by atoms with Crippen molar-refractivity contribution in [1.82, 2.24) is 10.6 Å². The van der Waals surface area contributed by atoms with E-state index in [1.54, 1.807) is 0 Å². The summed E-state index contributed by atoms with van der Waals surface area (Å²) in [7, 11) is 1.27. The van der Waals surface area contributed by atoms with Gasteiger partial charge in [0, 0.05) is 14.0 Å². The summed E-state index contributed by atoms with van der Waals surface area (Å²) >= 11 is 0. The standard InChI is InChI=1S/C13H22N2O5/c1-8(16)15-11(9-5-3-4-6-9)12(17)14-7-10(20-2)13(18)19/h9-11H,3-7H2,1-2H3,(H,14,17)(H,15,16)(H,18,19). The normalized spacial score (nSPS) is 18.3. The van der Waals surface area contributed by atoms with Gasteiger partial charge in [-0.3, -0.25) is 9.59 Å². The van der Waals surface area contributed by atoms with Gasteiger partial charge in [0.1, 0.15) is 6.04 Å². The Morgan fingerprint density at radius 1 is 1.30 bits per heavy atom. The minimum atomic E-state index is -1.13. The molecule has 1 saturated carbocycles. The van der Waals surface area contributed by atoms with Crippen LogP contribution in [-0.2, 0) is 19.1 Å². The van der Waals surface area contributed by atoms with E-state index in [0.717, 1.165) is 25.7 Å². The van der Waals surface area contributed by atoms with E-state index in [1.165, 1.54) is 14.0 Å². The summed E-state index contributed by atoms with van der Waals surface area (Å²) in [5.41, 5.74) is 0. The third kappa shape index (κ3) is 4.80. The molecule has 7 nitrogen and oxygen atoms in total. The van der Waals surface area contributed by atoms with Crippen LogP contribution in [0.2, 0.25) is 0 Å². The Morgan fingerprint density at radius 3 is 2.35 bits per heavy atom. The average molecular weight is 286 g/mol. The van der Waals surface area contributed by atoms with E-state index in [0.29, 0.717) is 0 Å². The van der Waals surface area contributed by atoms with Gasteiger partial charge in [-0.15, -0.1) is 0 Å². The van der Waals surface area contributed by atoms with Crippen LogP contribution in [0.25, 0.3) is 0 Å². The predicted molar refractivity (Wildman–Crippen MR) is 71.0 cm³/mol. The molecule has 0 bridgehead atoms. The summed E-state index contributed by atoms with van der Waals surface area (Å²) in [5.74, 6) is -1.64. The van der Waals surface area contributed by atoms with Crippen molar-refractivity contribution in [2.24, 2.45) is 5.92 Å². The fourth-order valence-corrected chi connectivity index (χ4v) is 2.48. The fourth-order valence-electron chi connectivity index (χ4n) is 2.48. The van der Waals surface area contributed by atoms with Crippen LogP contribution in [0.5, 0.6) is 0 Å². The summed E-state index contributed by atoms with van der Waals surface area (Å²) in [5, 5.41) is 14.0. The SMILES string of the molecule is COC(CNC(=O)C(NC(C)=O)C1CCCC1)C(=O)O. The number of hydrogen-bond acceptors (Lipinski definition) is 4. The molecule has 1 fully saturated rings. The molecule has 114 valence electrons. The molecule has 7 heteroatoms. The highest BCUT2D eigenvalue weighted by molar-refractivity contribution is 5.87. The smallest absolute Gasteiger partial charge is 0.334 e. The molecule has 2 atom stereocenters. The predicted octanol–water partition coefficient (Wildman–Crippen LogP) is -0.103. The fraction of sp³-hybridized carbons (Fsp3) is 0.769. The zero-order chi connectivity index (χ0) is 15.1. The van der Waals surface area contributed by atoms with E-state index in [9.17, 15) is 14.4 Å². The van der Waals surface area contributed by atoms with Crippen LogP contribution in [0.15, 0.2) is 0 Å². The van der Waals surface area contributed by atoms with Crippen LogP contribution in [-0.4, -0.2) is 48.7 Å². The zero-order valence-electron chi connectivity index (χ0n) is 11.8. The highest BCUT2D eigenvalue weighted by atomic mass is 16.5. The van der Waals surface area contributed by atoms with Crippen molar-refractivity contribution in [3.8, 4) is 0 Å². The number of carboxylic acids is 1. The summed E-state index contributed by atoms with van der Waals surface area (Å²) < 4.78 is 4.75. The maximum absolute atomic E-state index is 12.1. The van der Waals surface area contributed by atoms with Gasteiger partial charge in [-0.2, -0.15) is 0 Å². The van der Waals surface area contributed by atoms with Gasteiger partial charge >= 0.3 is 5.97 Å². The lowest BCUT2D eigenvalue weighted by atomic mass is 9.97. The first-order valence-corrected chi connectivity index (χ1v) is 6.76. The first-order chi connectivity index (χ1) is 9.45. The molecule has 2 amide bonds. The third-order valence-electron chi connectivity index (χ3n) is 3.53. The second kappa shape index (κ2) is 7.84. The molecule has 20 heavy (non-hydrogen) atoms. The molecule has 0 aromatic heterocycles. The Kier molecular flexibility index (Phi) is 6.44. The summed E-state index contributed by atoms with van der Waals surface area (Å²) in [6.07, 6.45) is 2.80. The van der Waals surface area contributed by atoms with E-state index >= 15 is 0 Å². The van der Waals surface area contributed by atoms with Gasteiger partial charge in [-0.05, 0) is 18.8 Å². The first kappa shape index (κ1) is 16.4. The Labute approximate surface area is 118 Å². The molecular weight excluding hydrogens is 264 g/mol. The lowest BCUT2D eigenvalue weighted by molar-refractivity contribution is -0.148. The summed E-state index contributed by atoms with van der Waals surface area (Å²) in [6, 6.07) is -0.596. The number of nitrogens with one attached hydrogen (secondary N) is 2. The first-order valence-electron chi connectivity index (χ1n) is 6.76. The number of rotatable bonds is 7. The van der Waals surface area contributed by atoms with E-state index in [1.807, 2.05) is 0 Å². The van der Waals surface area contributed by atoms with Crippen LogP contribution in [0.4, 0.5) is 0 Å². The van der Waals surface area contributed by atoms with Crippen molar-refractivity contribution in [2.75, 3.05) is 13.7 Å². The van der Waals surface area contributed by atoms with E-state index in [4.69, 9.17) is 9.84 Å². The minimum absolute atomic E-state index is 0.115. The molecule has 0 heterocycles. The molecule has 0 saturated heterocycles. The Balaban J connectivity index is 2.58. The number of carbonyl (C=O) groups excluding carboxylic acids is 2. The largest absolute Gasteiger partial charge is 0.479 e. The van der Waals surface area contributed by atoms with Crippen molar-refractivity contribution in [3.05, 3.63) is 0 Å². The number of ether oxygens (including phenoxy) is 1. The van der Waals surface area contributed by atoms with Crippen molar-refractivity contribution < 1.29 is 24.2 Å². The highest BCUT2D eigenvalue weighted by Gasteiger charge is 2.31. The third-order valence-corrected chi connectivity index (χ3v) is 3.53. The molecule has 2 unspecified atom stereocenters. The lowest BCUT2D eigenvalue weighted by Crippen LogP contribution is -2.51. The molecular formula is C13H22N2O5. The highest BCUT2D eigenvalue weighted by Crippen LogP contribution is 2.27. The monoisotopic (exact) mass is 286 g/mol. The Morgan fingerprint density at radius 2 is 1.90 bits per heavy atom. The van der Waals surface area contributed by atoms with Crippen molar-refractivity contribution in [2.45, 2.75) is 44.8 Å². The molecule has 0 aliphatic heterocycles. The lowest BCUT2D eigenvalue weighted by Gasteiger charge is -2.24. The average Bonchev–Trinajstić information content (AvgIpc) is 2.89. The van der Waals surface area contributed by atoms with Crippen LogP contribution in [0.1, 0.15) is 32.6 Å². The van der Waals surface area contributed by atoms with Crippen LogP contribution in [0.3, 0.4) is 0 Å². The second-order valence-corrected chi connectivity index (χ2v) is 5.03. The van der Waals surface area contributed by atoms with Crippen LogP contribution >= 0.6 is 0 Å². The van der Waals surface area contributed by atoms with Gasteiger partial charge in [-0.25, -0.2) is 4.79 Å². The number of hydrogen-bond donors (Lipinski definition) is 3. The molecule has 0 aromatic carbocycles. The van der Waals surface area contributed by atoms with Gasteiger partial charge in [0.25, 0.3) is 0 Å². The zero-order valence-corrected chi connectivity index (χ0v) is 11.8. The molecule has 0 radical (unpaired) electrons. The number of aliphatic carboxylic acids is 1. The van der Waals surface area contributed by atoms with Crippen LogP contribution in [0, 0.1) is 5.92 Å². The van der Waals surface area contributed by atoms with Gasteiger partial charge in [0.15, 0.2) is 6.10 Å². The van der Waals surface area contributed by atoms with Gasteiger partial charge in [0.2, 0.25) is 11.8 Å². The van der Waals surface area contributed by atoms with E-state index < -0.39 is 18.1 Å². The maximum atomic E-state index is 12.1. The van der Waals surface area contributed by atoms with Gasteiger partial charge in [-0.1, -0.05) is 12.8 Å². The molecule has 1 aliphatic carbocycles. The van der Waals surface area contributed by atoms with Crippen molar-refractivity contribution in [3.63, 3.8) is 0 Å². The van der Waals surface area contributed by atoms with Crippen LogP contribution < -0.4 is 10.6 Å². The van der Waals surface area contributed by atoms with E-state index in [2.05, 4.69) is 10.6 Å². The van der Waals surface area contributed by atoms with Gasteiger partial charge < -0.3 is 20.5 Å². The number of amides is 2. The molecule has 1 aliphatic rings. The number of carboxylic acid groups (broad SMARTS) is 1. The quantitative estimate of drug-likeness (QED) is 0.606. The number of carbonyl (C=O) groups is 3. The molecule has 1 rings (SSSR count). The number of methoxy groups -OCH3 is 1. The Bertz CT molecular complexity index is 366. The maximum Gasteiger partial charge on any atom is 0.334 e. The molecule has 0 aromatic rings.